The Morgan fingerprint density at radius 2 is 1.76 bits per heavy atom. The van der Waals surface area contributed by atoms with Crippen molar-refractivity contribution < 1.29 is 23.9 Å². The molecule has 0 saturated carbocycles. The first kappa shape index (κ1) is 20.6. The Morgan fingerprint density at radius 3 is 2.48 bits per heavy atom. The summed E-state index contributed by atoms with van der Waals surface area (Å²) in [6.07, 6.45) is 1.91. The van der Waals surface area contributed by atoms with Gasteiger partial charge in [-0.1, -0.05) is 18.2 Å². The highest BCUT2D eigenvalue weighted by Gasteiger charge is 2.27. The topological polar surface area (TPSA) is 97.5 Å². The Balaban J connectivity index is 1.88. The highest BCUT2D eigenvalue weighted by atomic mass is 32.1. The summed E-state index contributed by atoms with van der Waals surface area (Å²) in [5, 5.41) is 4.02. The molecular weight excluding hydrogens is 392 g/mol. The van der Waals surface area contributed by atoms with Crippen LogP contribution in [0.4, 0.5) is 5.00 Å². The number of nitrogens with one attached hydrogen (secondary N) is 2. The van der Waals surface area contributed by atoms with Crippen LogP contribution in [0.1, 0.15) is 45.0 Å². The van der Waals surface area contributed by atoms with E-state index in [1.54, 1.807) is 27.0 Å². The average molecular weight is 414 g/mol. The standard InChI is InChI=1S/C21H22N2O5S/c1-4-27-20(25)17-12(3)18(21(26)28-5-2)29-19(17)23-16(24)10-13-11-22-15-9-7-6-8-14(13)15/h6-9,11,22H,4-5,10H2,1-3H3,(H,23,24). The van der Waals surface area contributed by atoms with Crippen LogP contribution in [-0.2, 0) is 20.7 Å². The van der Waals surface area contributed by atoms with Gasteiger partial charge in [0.15, 0.2) is 0 Å². The minimum absolute atomic E-state index is 0.123. The molecule has 152 valence electrons. The third-order valence-corrected chi connectivity index (χ3v) is 5.55. The quantitative estimate of drug-likeness (QED) is 0.568. The van der Waals surface area contributed by atoms with Crippen molar-refractivity contribution in [2.45, 2.75) is 27.2 Å². The van der Waals surface area contributed by atoms with Gasteiger partial charge in [-0.15, -0.1) is 11.3 Å². The molecule has 1 aromatic carbocycles. The van der Waals surface area contributed by atoms with Crippen molar-refractivity contribution in [1.82, 2.24) is 4.98 Å². The third-order valence-electron chi connectivity index (χ3n) is 4.37. The molecule has 0 aliphatic carbocycles. The first-order valence-corrected chi connectivity index (χ1v) is 10.1. The summed E-state index contributed by atoms with van der Waals surface area (Å²) in [6.45, 7) is 5.45. The molecule has 2 aromatic heterocycles. The Hall–Kier alpha value is -3.13. The molecule has 0 bridgehead atoms. The first-order valence-electron chi connectivity index (χ1n) is 9.28. The molecule has 2 N–H and O–H groups in total. The summed E-state index contributed by atoms with van der Waals surface area (Å²) in [5.41, 5.74) is 2.41. The lowest BCUT2D eigenvalue weighted by Gasteiger charge is -2.07. The second-order valence-corrected chi connectivity index (χ2v) is 7.31. The van der Waals surface area contributed by atoms with Gasteiger partial charge >= 0.3 is 11.9 Å². The zero-order chi connectivity index (χ0) is 21.0. The van der Waals surface area contributed by atoms with Gasteiger partial charge in [-0.3, -0.25) is 4.79 Å². The molecule has 0 saturated heterocycles. The number of para-hydroxylation sites is 1. The number of carbonyl (C=O) groups excluding carboxylic acids is 3. The van der Waals surface area contributed by atoms with E-state index in [2.05, 4.69) is 10.3 Å². The minimum Gasteiger partial charge on any atom is -0.462 e. The third kappa shape index (κ3) is 4.32. The Bertz CT molecular complexity index is 1070. The van der Waals surface area contributed by atoms with E-state index in [1.165, 1.54) is 0 Å². The number of aromatic amines is 1. The first-order chi connectivity index (χ1) is 14.0. The Labute approximate surface area is 172 Å². The van der Waals surface area contributed by atoms with Crippen molar-refractivity contribution in [3.63, 3.8) is 0 Å². The molecule has 2 heterocycles. The van der Waals surface area contributed by atoms with E-state index in [0.29, 0.717) is 5.56 Å². The number of amides is 1. The molecule has 0 spiro atoms. The van der Waals surface area contributed by atoms with Crippen LogP contribution >= 0.6 is 11.3 Å². The highest BCUT2D eigenvalue weighted by Crippen LogP contribution is 2.34. The van der Waals surface area contributed by atoms with Crippen molar-refractivity contribution in [2.24, 2.45) is 0 Å². The number of carbonyl (C=O) groups is 3. The van der Waals surface area contributed by atoms with Gasteiger partial charge in [0.2, 0.25) is 5.91 Å². The molecule has 0 fully saturated rings. The summed E-state index contributed by atoms with van der Waals surface area (Å²) in [5.74, 6) is -1.41. The van der Waals surface area contributed by atoms with Gasteiger partial charge in [0.05, 0.1) is 25.2 Å². The number of benzene rings is 1. The molecule has 1 amide bonds. The zero-order valence-corrected chi connectivity index (χ0v) is 17.3. The lowest BCUT2D eigenvalue weighted by Crippen LogP contribution is -2.16. The van der Waals surface area contributed by atoms with Crippen LogP contribution in [0.3, 0.4) is 0 Å². The molecule has 0 radical (unpaired) electrons. The molecule has 0 aliphatic rings. The molecular formula is C21H22N2O5S. The molecule has 0 unspecified atom stereocenters. The molecule has 0 atom stereocenters. The number of esters is 2. The fourth-order valence-electron chi connectivity index (χ4n) is 3.06. The molecule has 29 heavy (non-hydrogen) atoms. The van der Waals surface area contributed by atoms with Gasteiger partial charge in [0.1, 0.15) is 9.88 Å². The maximum absolute atomic E-state index is 12.7. The van der Waals surface area contributed by atoms with Crippen molar-refractivity contribution in [3.8, 4) is 0 Å². The molecule has 8 heteroatoms. The second-order valence-electron chi connectivity index (χ2n) is 6.29. The highest BCUT2D eigenvalue weighted by molar-refractivity contribution is 7.18. The van der Waals surface area contributed by atoms with Gasteiger partial charge in [-0.2, -0.15) is 0 Å². The van der Waals surface area contributed by atoms with Gasteiger partial charge in [0, 0.05) is 17.1 Å². The number of aromatic nitrogens is 1. The number of rotatable bonds is 7. The van der Waals surface area contributed by atoms with Gasteiger partial charge in [-0.25, -0.2) is 9.59 Å². The van der Waals surface area contributed by atoms with Crippen molar-refractivity contribution >= 4 is 45.1 Å². The summed E-state index contributed by atoms with van der Waals surface area (Å²) in [7, 11) is 0. The van der Waals surface area contributed by atoms with Crippen LogP contribution in [0.25, 0.3) is 10.9 Å². The van der Waals surface area contributed by atoms with E-state index in [0.717, 1.165) is 27.8 Å². The molecule has 0 aliphatic heterocycles. The lowest BCUT2D eigenvalue weighted by atomic mass is 10.1. The number of hydrogen-bond donors (Lipinski definition) is 2. The van der Waals surface area contributed by atoms with Gasteiger partial charge in [-0.05, 0) is 38.0 Å². The smallest absolute Gasteiger partial charge is 0.348 e. The van der Waals surface area contributed by atoms with E-state index in [1.807, 2.05) is 24.3 Å². The lowest BCUT2D eigenvalue weighted by molar-refractivity contribution is -0.115. The monoisotopic (exact) mass is 414 g/mol. The van der Waals surface area contributed by atoms with Crippen LogP contribution in [0, 0.1) is 6.92 Å². The summed E-state index contributed by atoms with van der Waals surface area (Å²) in [4.78, 5) is 40.7. The van der Waals surface area contributed by atoms with Crippen LogP contribution in [-0.4, -0.2) is 36.0 Å². The summed E-state index contributed by atoms with van der Waals surface area (Å²) >= 11 is 1.02. The number of fused-ring (bicyclic) bond motifs is 1. The van der Waals surface area contributed by atoms with Crippen LogP contribution in [0.2, 0.25) is 0 Å². The van der Waals surface area contributed by atoms with Crippen LogP contribution in [0.5, 0.6) is 0 Å². The largest absolute Gasteiger partial charge is 0.462 e. The van der Waals surface area contributed by atoms with Crippen molar-refractivity contribution in [1.29, 1.82) is 0 Å². The normalized spacial score (nSPS) is 10.7. The summed E-state index contributed by atoms with van der Waals surface area (Å²) < 4.78 is 10.2. The molecule has 3 rings (SSSR count). The van der Waals surface area contributed by atoms with Gasteiger partial charge in [0.25, 0.3) is 0 Å². The predicted molar refractivity (Wildman–Crippen MR) is 112 cm³/mol. The number of hydrogen-bond acceptors (Lipinski definition) is 6. The fraction of sp³-hybridized carbons (Fsp3) is 0.286. The van der Waals surface area contributed by atoms with E-state index >= 15 is 0 Å². The van der Waals surface area contributed by atoms with Gasteiger partial charge < -0.3 is 19.8 Å². The number of ether oxygens (including phenoxy) is 2. The fourth-order valence-corrected chi connectivity index (χ4v) is 4.17. The maximum Gasteiger partial charge on any atom is 0.348 e. The zero-order valence-electron chi connectivity index (χ0n) is 16.5. The molecule has 7 nitrogen and oxygen atoms in total. The Morgan fingerprint density at radius 1 is 1.07 bits per heavy atom. The van der Waals surface area contributed by atoms with E-state index in [9.17, 15) is 14.4 Å². The minimum atomic E-state index is -0.584. The molecule has 3 aromatic rings. The SMILES string of the molecule is CCOC(=O)c1sc(NC(=O)Cc2c[nH]c3ccccc23)c(C(=O)OCC)c1C. The van der Waals surface area contributed by atoms with E-state index in [-0.39, 0.29) is 41.0 Å². The van der Waals surface area contributed by atoms with Crippen LogP contribution < -0.4 is 5.32 Å². The van der Waals surface area contributed by atoms with Crippen LogP contribution in [0.15, 0.2) is 30.5 Å². The average Bonchev–Trinajstić information content (AvgIpc) is 3.23. The Kier molecular flexibility index (Phi) is 6.33. The maximum atomic E-state index is 12.7. The summed E-state index contributed by atoms with van der Waals surface area (Å²) in [6, 6.07) is 7.70. The van der Waals surface area contributed by atoms with E-state index < -0.39 is 11.9 Å². The van der Waals surface area contributed by atoms with E-state index in [4.69, 9.17) is 9.47 Å². The number of H-pyrrole nitrogens is 1. The second kappa shape index (κ2) is 8.91. The number of thiophene rings is 1. The van der Waals surface area contributed by atoms with Crippen molar-refractivity contribution in [2.75, 3.05) is 18.5 Å². The van der Waals surface area contributed by atoms with Crippen molar-refractivity contribution in [3.05, 3.63) is 52.0 Å². The predicted octanol–water partition coefficient (Wildman–Crippen LogP) is 4.07. The number of anilines is 1.